The van der Waals surface area contributed by atoms with E-state index >= 15 is 0 Å². The Morgan fingerprint density at radius 1 is 0.194 bits per heavy atom. The largest absolute Gasteiger partial charge is 0.346 e. The van der Waals surface area contributed by atoms with E-state index < -0.39 is 48.4 Å². The predicted octanol–water partition coefficient (Wildman–Crippen LogP) is 44.8. The molecule has 0 radical (unpaired) electrons. The molecule has 0 aliphatic carbocycles. The summed E-state index contributed by atoms with van der Waals surface area (Å²) in [5.41, 5.74) is 0.192. The van der Waals surface area contributed by atoms with Gasteiger partial charge >= 0.3 is 258 Å². The molecule has 0 amide bonds. The van der Waals surface area contributed by atoms with Crippen LogP contribution in [0.2, 0.25) is 118 Å². The summed E-state index contributed by atoms with van der Waals surface area (Å²) in [7, 11) is -5.17. The SMILES string of the molecule is CC(C)(C)[N-]C=C[N-]C(C)(C)C.CC(C)(C)[N-]C=C[N-]C(C)(C)C.CC(C)[N-]C=C[N-]C(C)C.CC(C)[N-]C=C[N-]C(C)C.CCC(C)(C)[N-]C=C[N-]C(C)(C)CC.CCC(C)(C)[N-]C=C[N-]C(C)(C)CC.CCC[N]=[W].CCC[N]=[W].CCC[N]=[W].CCC[N]=[W].CCC[N]=[W].CCC[N]=[W].[CH2-]C.[CH2-]C.[CH2-]C.[CH2-]C.[CH2-]C.[CH2-]C.[CH2-][Si](C)(C)C.[CH2-][Si](C)(C)C.[CH2-][Si](C)(C)C.[CH2-][Si](C)(C)C.[CH2-][Si](C)(C)C.[CH2-][Si](C)(C)C. The average Bonchev–Trinajstić information content (AvgIpc) is 0.934. The van der Waals surface area contributed by atoms with E-state index in [-0.39, 0.29) is 44.3 Å². The maximum atomic E-state index is 4.44. The Morgan fingerprint density at radius 3 is 0.326 bits per heavy atom. The number of hydrogen-bond acceptors (Lipinski definition) is 6. The van der Waals surface area contributed by atoms with Crippen LogP contribution in [0.4, 0.5) is 0 Å². The summed E-state index contributed by atoms with van der Waals surface area (Å²) in [4.78, 5) is 0. The van der Waals surface area contributed by atoms with E-state index in [4.69, 9.17) is 0 Å². The molecule has 0 fully saturated rings. The second-order valence-corrected chi connectivity index (χ2v) is 81.9. The van der Waals surface area contributed by atoms with Crippen molar-refractivity contribution in [3.63, 3.8) is 0 Å². The summed E-state index contributed by atoms with van der Waals surface area (Å²) in [5, 5.41) is 51.4. The van der Waals surface area contributed by atoms with Crippen LogP contribution in [0.15, 0.2) is 95.4 Å². The third kappa shape index (κ3) is 515. The fraction of sp³-hybridized carbons (Fsp3) is 0.789. The van der Waals surface area contributed by atoms with Crippen molar-refractivity contribution in [2.45, 2.75) is 555 Å². The molecular weight excluding hydrogens is 2890 g/mol. The zero-order valence-corrected chi connectivity index (χ0v) is 132. The van der Waals surface area contributed by atoms with Gasteiger partial charge in [0.25, 0.3) is 0 Å². The molecule has 30 heteroatoms. The van der Waals surface area contributed by atoms with Gasteiger partial charge in [0.05, 0.1) is 0 Å². The average molecular weight is 3150 g/mol. The molecule has 0 spiro atoms. The summed E-state index contributed by atoms with van der Waals surface area (Å²) in [6.45, 7) is 179. The molecule has 0 bridgehead atoms. The molecule has 0 atom stereocenters. The minimum Gasteiger partial charge on any atom is -0.346 e. The van der Waals surface area contributed by atoms with E-state index in [0.717, 1.165) is 65.0 Å². The molecule has 0 aliphatic rings. The molecule has 0 unspecified atom stereocenters. The van der Waals surface area contributed by atoms with Crippen molar-refractivity contribution in [2.75, 3.05) is 39.3 Å². The minimum absolute atomic E-state index is 0.00387. The van der Waals surface area contributed by atoms with Crippen LogP contribution >= 0.6 is 0 Å². The molecule has 888 valence electrons. The third-order valence-corrected chi connectivity index (χ3v) is 14.8. The van der Waals surface area contributed by atoms with Crippen molar-refractivity contribution in [2.24, 2.45) is 21.0 Å². The predicted molar refractivity (Wildman–Crippen MR) is 676 cm³/mol. The van der Waals surface area contributed by atoms with E-state index in [1.54, 1.807) is 91.1 Å². The van der Waals surface area contributed by atoms with Crippen molar-refractivity contribution in [1.29, 1.82) is 0 Å². The molecule has 0 saturated heterocycles. The quantitative estimate of drug-likeness (QED) is 0.0420. The Kier molecular flexibility index (Phi) is 204. The van der Waals surface area contributed by atoms with Crippen LogP contribution in [-0.2, 0) is 118 Å². The van der Waals surface area contributed by atoms with Gasteiger partial charge in [0.1, 0.15) is 0 Å². The molecule has 0 aromatic carbocycles. The van der Waals surface area contributed by atoms with Gasteiger partial charge in [0.2, 0.25) is 0 Å². The van der Waals surface area contributed by atoms with Gasteiger partial charge in [-0.25, -0.2) is 74.4 Å². The Morgan fingerprint density at radius 2 is 0.278 bits per heavy atom. The molecule has 0 aliphatic heterocycles. The number of nitrogens with zero attached hydrogens (tertiary/aromatic N) is 18. The summed E-state index contributed by atoms with van der Waals surface area (Å²) in [6, 6.07) is 1.49. The maximum Gasteiger partial charge on any atom is -0.0951 e. The van der Waals surface area contributed by atoms with Gasteiger partial charge in [-0.1, -0.05) is 365 Å². The normalized spacial score (nSPS) is 10.7. The van der Waals surface area contributed by atoms with E-state index in [9.17, 15) is 0 Å². The zero-order chi connectivity index (χ0) is 122. The van der Waals surface area contributed by atoms with Gasteiger partial charge in [-0.15, -0.1) is 117 Å². The zero-order valence-electron chi connectivity index (χ0n) is 109. The number of rotatable bonds is 36. The Balaban J connectivity index is -0.0000000485. The molecule has 0 aromatic rings. The van der Waals surface area contributed by atoms with E-state index in [0.29, 0.717) is 24.2 Å². The van der Waals surface area contributed by atoms with E-state index in [2.05, 4.69) is 491 Å². The van der Waals surface area contributed by atoms with Crippen molar-refractivity contribution < 1.29 is 118 Å². The van der Waals surface area contributed by atoms with Crippen LogP contribution in [0.1, 0.15) is 369 Å². The molecule has 0 aromatic heterocycles. The first-order valence-electron chi connectivity index (χ1n) is 52.4. The Labute approximate surface area is 990 Å². The first-order valence-corrected chi connectivity index (χ1v) is 82.5. The fourth-order valence-corrected chi connectivity index (χ4v) is 7.66. The second kappa shape index (κ2) is 143. The van der Waals surface area contributed by atoms with Gasteiger partial charge in [0, 0.05) is 0 Å². The third-order valence-electron chi connectivity index (χ3n) is 10.8. The van der Waals surface area contributed by atoms with Crippen LogP contribution in [0.25, 0.3) is 63.8 Å². The van der Waals surface area contributed by atoms with Gasteiger partial charge in [-0.3, -0.25) is 0 Å². The van der Waals surface area contributed by atoms with Crippen LogP contribution in [0.3, 0.4) is 0 Å². The molecule has 0 saturated carbocycles. The van der Waals surface area contributed by atoms with Gasteiger partial charge in [-0.05, 0) is 0 Å². The molecule has 0 rings (SSSR count). The van der Waals surface area contributed by atoms with Crippen LogP contribution in [-0.4, -0.2) is 156 Å². The minimum atomic E-state index is -0.861. The fourth-order valence-electron chi connectivity index (χ4n) is 3.72. The van der Waals surface area contributed by atoms with Crippen molar-refractivity contribution in [3.8, 4) is 0 Å². The second-order valence-electron chi connectivity index (χ2n) is 45.6. The van der Waals surface area contributed by atoms with Crippen LogP contribution < -0.4 is 0 Å². The summed E-state index contributed by atoms with van der Waals surface area (Å²) in [6.07, 6.45) is 32.8. The van der Waals surface area contributed by atoms with Gasteiger partial charge in [-0.2, -0.15) is 41.5 Å². The first kappa shape index (κ1) is 205. The molecule has 144 heavy (non-hydrogen) atoms. The Hall–Kier alpha value is 0.271. The molecule has 0 heterocycles. The molecular formula is C114H258N18Si6W6-24. The van der Waals surface area contributed by atoms with E-state index in [1.807, 2.05) is 80.2 Å². The van der Waals surface area contributed by atoms with Crippen LogP contribution in [0, 0.1) is 80.8 Å². The van der Waals surface area contributed by atoms with Crippen molar-refractivity contribution in [1.82, 2.24) is 0 Å². The van der Waals surface area contributed by atoms with Gasteiger partial charge in [0.15, 0.2) is 0 Å². The topological polar surface area (TPSA) is 243 Å². The number of hydrogen-bond donors (Lipinski definition) is 0. The monoisotopic (exact) mass is 3150 g/mol. The molecule has 0 N–H and O–H groups in total. The summed E-state index contributed by atoms with van der Waals surface area (Å²) < 4.78 is 23.6. The van der Waals surface area contributed by atoms with Crippen LogP contribution in [0.5, 0.6) is 0 Å². The first-order chi connectivity index (χ1) is 64.8. The summed E-state index contributed by atoms with van der Waals surface area (Å²) in [5.74, 6) is 0. The molecule has 18 nitrogen and oxygen atoms in total. The van der Waals surface area contributed by atoms with Crippen molar-refractivity contribution >= 4 is 48.4 Å². The van der Waals surface area contributed by atoms with E-state index in [1.165, 1.54) is 156 Å². The Bertz CT molecular complexity index is 2130. The van der Waals surface area contributed by atoms with Crippen molar-refractivity contribution in [3.05, 3.63) is 219 Å². The maximum absolute atomic E-state index is 4.44. The summed E-state index contributed by atoms with van der Waals surface area (Å²) >= 11 is 8.09. The standard InChI is InChI=1S/2C12H24N2.2C10H20N2.2C8H16N2.6C4H11Si.6C3H7N.6C2H5.6W/c2*1-7-11(3,4)13-9-10-14-12(5,6)8-2;2*1-9(2,3)11-7-8-12-10(4,5)6;2*1-7(2)9-5-6-10-8(3)4;6*1-5(2,3)4;6*1-2-3-4;6*1-2;;;;;;/h2*9-10H,7-8H2,1-6H3;2*7-8H,1-6H3;2*5-8H,1-4H3;6*1H2,2-4H3;6*2-3H2,1H3;6*1H2,2H3;;;;;;/q6*-2;6*-1;;;;;;;6*-1;;;;;;. The van der Waals surface area contributed by atoms with Gasteiger partial charge < -0.3 is 145 Å². The smallest absolute Gasteiger partial charge is 0.0951 e.